The molecule has 2 heteroatoms. The summed E-state index contributed by atoms with van der Waals surface area (Å²) in [5, 5.41) is 0. The second kappa shape index (κ2) is 5.58. The molecule has 0 radical (unpaired) electrons. The molecule has 1 nitrogen and oxygen atoms in total. The number of hydrogen-bond donors (Lipinski definition) is 0. The minimum Gasteiger partial charge on any atom is -0.295 e. The number of aryl methyl sites for hydroxylation is 1. The molecular weight excluding hydrogens is 208 g/mol. The van der Waals surface area contributed by atoms with E-state index in [9.17, 15) is 4.79 Å². The second-order valence-corrected chi connectivity index (χ2v) is 3.70. The standard InChI is InChI=1S/C13H13ClO/c1-10-6-7-13(11(2)15)9-12(10)5-3-4-8-14/h6-7,9H,4,8H2,1-2H3. The Hall–Kier alpha value is -1.26. The molecule has 78 valence electrons. The number of hydrogen-bond acceptors (Lipinski definition) is 1. The van der Waals surface area contributed by atoms with Crippen molar-refractivity contribution in [1.82, 2.24) is 0 Å². The van der Waals surface area contributed by atoms with Gasteiger partial charge in [0.05, 0.1) is 0 Å². The van der Waals surface area contributed by atoms with E-state index in [1.807, 2.05) is 25.1 Å². The number of Topliss-reactive ketones (excluding diaryl/α,β-unsaturated/α-hetero) is 1. The second-order valence-electron chi connectivity index (χ2n) is 3.33. The fraction of sp³-hybridized carbons (Fsp3) is 0.308. The van der Waals surface area contributed by atoms with E-state index in [2.05, 4.69) is 11.8 Å². The summed E-state index contributed by atoms with van der Waals surface area (Å²) >= 11 is 5.53. The van der Waals surface area contributed by atoms with Crippen molar-refractivity contribution in [2.24, 2.45) is 0 Å². The molecule has 15 heavy (non-hydrogen) atoms. The van der Waals surface area contributed by atoms with Crippen LogP contribution in [0.3, 0.4) is 0 Å². The zero-order valence-corrected chi connectivity index (χ0v) is 9.69. The highest BCUT2D eigenvalue weighted by Crippen LogP contribution is 2.10. The van der Waals surface area contributed by atoms with Crippen molar-refractivity contribution in [2.75, 3.05) is 5.88 Å². The van der Waals surface area contributed by atoms with Gasteiger partial charge >= 0.3 is 0 Å². The Morgan fingerprint density at radius 1 is 1.47 bits per heavy atom. The van der Waals surface area contributed by atoms with Crippen molar-refractivity contribution in [3.8, 4) is 11.8 Å². The lowest BCUT2D eigenvalue weighted by molar-refractivity contribution is 0.101. The highest BCUT2D eigenvalue weighted by molar-refractivity contribution is 6.18. The lowest BCUT2D eigenvalue weighted by atomic mass is 10.0. The first-order valence-corrected chi connectivity index (χ1v) is 5.35. The Balaban J connectivity index is 3.02. The van der Waals surface area contributed by atoms with Crippen molar-refractivity contribution in [2.45, 2.75) is 20.3 Å². The number of rotatable bonds is 2. The van der Waals surface area contributed by atoms with E-state index in [-0.39, 0.29) is 5.78 Å². The normalized spacial score (nSPS) is 9.27. The van der Waals surface area contributed by atoms with Gasteiger partial charge in [0.25, 0.3) is 0 Å². The van der Waals surface area contributed by atoms with Crippen molar-refractivity contribution >= 4 is 17.4 Å². The first kappa shape index (κ1) is 11.8. The number of benzene rings is 1. The topological polar surface area (TPSA) is 17.1 Å². The quantitative estimate of drug-likeness (QED) is 0.425. The van der Waals surface area contributed by atoms with Crippen molar-refractivity contribution in [3.05, 3.63) is 34.9 Å². The number of alkyl halides is 1. The highest BCUT2D eigenvalue weighted by atomic mass is 35.5. The average molecular weight is 221 g/mol. The summed E-state index contributed by atoms with van der Waals surface area (Å²) in [5.41, 5.74) is 2.70. The van der Waals surface area contributed by atoms with Gasteiger partial charge in [-0.15, -0.1) is 11.6 Å². The first-order valence-electron chi connectivity index (χ1n) is 4.81. The molecule has 0 bridgehead atoms. The third-order valence-corrected chi connectivity index (χ3v) is 2.28. The molecular formula is C13H13ClO. The van der Waals surface area contributed by atoms with Gasteiger partial charge in [-0.25, -0.2) is 0 Å². The third-order valence-electron chi connectivity index (χ3n) is 2.09. The predicted octanol–water partition coefficient (Wildman–Crippen LogP) is 3.18. The summed E-state index contributed by atoms with van der Waals surface area (Å²) in [6, 6.07) is 5.57. The summed E-state index contributed by atoms with van der Waals surface area (Å²) < 4.78 is 0. The molecule has 0 spiro atoms. The molecule has 0 fully saturated rings. The molecule has 1 aromatic rings. The number of ketones is 1. The van der Waals surface area contributed by atoms with Crippen LogP contribution in [-0.4, -0.2) is 11.7 Å². The monoisotopic (exact) mass is 220 g/mol. The SMILES string of the molecule is CC(=O)c1ccc(C)c(C#CCCCl)c1. The Bertz CT molecular complexity index is 424. The van der Waals surface area contributed by atoms with Crippen molar-refractivity contribution in [3.63, 3.8) is 0 Å². The number of carbonyl (C=O) groups excluding carboxylic acids is 1. The summed E-state index contributed by atoms with van der Waals surface area (Å²) in [7, 11) is 0. The van der Waals surface area contributed by atoms with Crippen molar-refractivity contribution < 1.29 is 4.79 Å². The molecule has 0 N–H and O–H groups in total. The Labute approximate surface area is 95.5 Å². The number of halogens is 1. The van der Waals surface area contributed by atoms with Gasteiger partial charge in [-0.2, -0.15) is 0 Å². The molecule has 0 saturated carbocycles. The van der Waals surface area contributed by atoms with Gasteiger partial charge in [0, 0.05) is 23.4 Å². The molecule has 0 heterocycles. The van der Waals surface area contributed by atoms with E-state index in [1.54, 1.807) is 6.92 Å². The van der Waals surface area contributed by atoms with Crippen LogP contribution in [0.2, 0.25) is 0 Å². The van der Waals surface area contributed by atoms with Gasteiger partial charge in [-0.3, -0.25) is 4.79 Å². The fourth-order valence-corrected chi connectivity index (χ4v) is 1.28. The maximum atomic E-state index is 11.2. The van der Waals surface area contributed by atoms with Gasteiger partial charge < -0.3 is 0 Å². The highest BCUT2D eigenvalue weighted by Gasteiger charge is 2.01. The average Bonchev–Trinajstić information content (AvgIpc) is 2.20. The maximum Gasteiger partial charge on any atom is 0.159 e. The zero-order valence-electron chi connectivity index (χ0n) is 8.93. The predicted molar refractivity (Wildman–Crippen MR) is 63.4 cm³/mol. The minimum absolute atomic E-state index is 0.0652. The largest absolute Gasteiger partial charge is 0.295 e. The van der Waals surface area contributed by atoms with Crippen LogP contribution in [-0.2, 0) is 0 Å². The van der Waals surface area contributed by atoms with Gasteiger partial charge in [0.15, 0.2) is 5.78 Å². The lowest BCUT2D eigenvalue weighted by Crippen LogP contribution is -1.94. The minimum atomic E-state index is 0.0652. The molecule has 0 aliphatic carbocycles. The maximum absolute atomic E-state index is 11.2. The van der Waals surface area contributed by atoms with Crippen LogP contribution in [0, 0.1) is 18.8 Å². The first-order chi connectivity index (χ1) is 7.15. The van der Waals surface area contributed by atoms with Crippen LogP contribution in [0.1, 0.15) is 34.8 Å². The molecule has 1 rings (SSSR count). The summed E-state index contributed by atoms with van der Waals surface area (Å²) in [4.78, 5) is 11.2. The van der Waals surface area contributed by atoms with Gasteiger partial charge in [0.1, 0.15) is 0 Å². The van der Waals surface area contributed by atoms with Crippen LogP contribution in [0.15, 0.2) is 18.2 Å². The van der Waals surface area contributed by atoms with Gasteiger partial charge in [-0.05, 0) is 25.5 Å². The van der Waals surface area contributed by atoms with E-state index in [0.29, 0.717) is 17.9 Å². The van der Waals surface area contributed by atoms with Crippen LogP contribution in [0.25, 0.3) is 0 Å². The van der Waals surface area contributed by atoms with E-state index in [0.717, 1.165) is 11.1 Å². The smallest absolute Gasteiger partial charge is 0.159 e. The molecule has 0 atom stereocenters. The summed E-state index contributed by atoms with van der Waals surface area (Å²) in [5.74, 6) is 6.59. The van der Waals surface area contributed by atoms with Crippen LogP contribution in [0.5, 0.6) is 0 Å². The molecule has 0 aliphatic heterocycles. The third kappa shape index (κ3) is 3.42. The Kier molecular flexibility index (Phi) is 4.39. The zero-order chi connectivity index (χ0) is 11.3. The lowest BCUT2D eigenvalue weighted by Gasteiger charge is -2.00. The Morgan fingerprint density at radius 3 is 2.80 bits per heavy atom. The molecule has 0 unspecified atom stereocenters. The van der Waals surface area contributed by atoms with E-state index >= 15 is 0 Å². The molecule has 1 aromatic carbocycles. The summed E-state index contributed by atoms with van der Waals surface area (Å²) in [6.07, 6.45) is 0.672. The number of carbonyl (C=O) groups is 1. The van der Waals surface area contributed by atoms with Gasteiger partial charge in [-0.1, -0.05) is 24.0 Å². The Morgan fingerprint density at radius 2 is 2.20 bits per heavy atom. The van der Waals surface area contributed by atoms with Crippen molar-refractivity contribution in [1.29, 1.82) is 0 Å². The van der Waals surface area contributed by atoms with E-state index in [4.69, 9.17) is 11.6 Å². The molecule has 0 aliphatic rings. The fourth-order valence-electron chi connectivity index (χ4n) is 1.18. The van der Waals surface area contributed by atoms with Gasteiger partial charge in [0.2, 0.25) is 0 Å². The van der Waals surface area contributed by atoms with Crippen LogP contribution in [0.4, 0.5) is 0 Å². The van der Waals surface area contributed by atoms with E-state index < -0.39 is 0 Å². The van der Waals surface area contributed by atoms with Crippen LogP contribution >= 0.6 is 11.6 Å². The molecule has 0 aromatic heterocycles. The molecule has 0 amide bonds. The summed E-state index contributed by atoms with van der Waals surface area (Å²) in [6.45, 7) is 3.54. The van der Waals surface area contributed by atoms with Crippen LogP contribution < -0.4 is 0 Å². The van der Waals surface area contributed by atoms with E-state index in [1.165, 1.54) is 0 Å². The molecule has 0 saturated heterocycles.